The fourth-order valence-electron chi connectivity index (χ4n) is 1.81. The van der Waals surface area contributed by atoms with Gasteiger partial charge in [0, 0.05) is 12.0 Å². The van der Waals surface area contributed by atoms with Crippen molar-refractivity contribution in [2.45, 2.75) is 11.4 Å². The predicted molar refractivity (Wildman–Crippen MR) is 58.8 cm³/mol. The molecule has 5 nitrogen and oxygen atoms in total. The van der Waals surface area contributed by atoms with Crippen LogP contribution in [0.3, 0.4) is 0 Å². The van der Waals surface area contributed by atoms with Crippen LogP contribution < -0.4 is 5.73 Å². The molecule has 2 aliphatic heterocycles. The van der Waals surface area contributed by atoms with Crippen molar-refractivity contribution in [3.05, 3.63) is 24.4 Å². The zero-order chi connectivity index (χ0) is 11.2. The number of nitrogens with two attached hydrogens (primary N) is 1. The van der Waals surface area contributed by atoms with Crippen molar-refractivity contribution in [2.24, 2.45) is 5.73 Å². The Labute approximate surface area is 89.6 Å². The van der Waals surface area contributed by atoms with Gasteiger partial charge < -0.3 is 15.7 Å². The second kappa shape index (κ2) is 3.39. The zero-order valence-corrected chi connectivity index (χ0v) is 8.85. The topological polar surface area (TPSA) is 83.6 Å². The molecule has 1 amide bonds. The molecule has 2 aliphatic rings. The summed E-state index contributed by atoms with van der Waals surface area (Å²) >= 11 is 0. The van der Waals surface area contributed by atoms with Crippen LogP contribution in [0.5, 0.6) is 0 Å². The molecule has 0 aromatic heterocycles. The highest BCUT2D eigenvalue weighted by Gasteiger charge is 2.50. The molecule has 1 fully saturated rings. The third kappa shape index (κ3) is 1.37. The van der Waals surface area contributed by atoms with Gasteiger partial charge in [0.2, 0.25) is 5.91 Å². The number of hydrogen-bond acceptors (Lipinski definition) is 3. The minimum atomic E-state index is -1.30. The van der Waals surface area contributed by atoms with E-state index in [9.17, 15) is 9.59 Å². The highest BCUT2D eigenvalue weighted by molar-refractivity contribution is 8.30. The molecule has 6 heteroatoms. The Morgan fingerprint density at radius 1 is 1.80 bits per heavy atom. The number of amides is 1. The summed E-state index contributed by atoms with van der Waals surface area (Å²) in [6, 6.07) is -0.644. The Hall–Kier alpha value is -1.27. The maximum atomic E-state index is 11.4. The van der Waals surface area contributed by atoms with Crippen LogP contribution in [-0.2, 0) is 4.79 Å². The molecule has 3 unspecified atom stereocenters. The molecular weight excluding hydrogens is 216 g/mol. The molecule has 0 spiro atoms. The number of hydrogen-bond donors (Lipinski definition) is 3. The molecule has 82 valence electrons. The Bertz CT molecular complexity index is 380. The highest BCUT2D eigenvalue weighted by atomic mass is 32.2. The molecule has 0 radical (unpaired) electrons. The summed E-state index contributed by atoms with van der Waals surface area (Å²) in [5.41, 5.74) is 6.39. The Kier molecular flexibility index (Phi) is 2.32. The Morgan fingerprint density at radius 3 is 3.00 bits per heavy atom. The average Bonchev–Trinajstić information content (AvgIpc) is 2.25. The number of thiol groups is 1. The van der Waals surface area contributed by atoms with E-state index in [2.05, 4.69) is 6.58 Å². The summed E-state index contributed by atoms with van der Waals surface area (Å²) in [5.74, 6) is 0.254. The van der Waals surface area contributed by atoms with Gasteiger partial charge in [0.15, 0.2) is 0 Å². The van der Waals surface area contributed by atoms with Crippen LogP contribution in [0, 0.1) is 0 Å². The van der Waals surface area contributed by atoms with E-state index in [0.717, 1.165) is 5.57 Å². The quantitative estimate of drug-likeness (QED) is 0.443. The Balaban J connectivity index is 2.31. The number of fused-ring (bicyclic) bond motifs is 1. The van der Waals surface area contributed by atoms with Crippen LogP contribution in [0.15, 0.2) is 24.4 Å². The zero-order valence-electron chi connectivity index (χ0n) is 7.96. The molecular formula is C9H12N2O3S. The second-order valence-electron chi connectivity index (χ2n) is 3.50. The molecule has 3 N–H and O–H groups in total. The monoisotopic (exact) mass is 228 g/mol. The maximum Gasteiger partial charge on any atom is 0.346 e. The lowest BCUT2D eigenvalue weighted by atomic mass is 10.1. The highest BCUT2D eigenvalue weighted by Crippen LogP contribution is 2.46. The van der Waals surface area contributed by atoms with Gasteiger partial charge in [-0.1, -0.05) is 12.7 Å². The van der Waals surface area contributed by atoms with Gasteiger partial charge in [-0.2, -0.15) is 0 Å². The van der Waals surface area contributed by atoms with Gasteiger partial charge in [0.25, 0.3) is 0 Å². The van der Waals surface area contributed by atoms with Gasteiger partial charge in [0.05, 0.1) is 5.37 Å². The summed E-state index contributed by atoms with van der Waals surface area (Å²) in [6.45, 7) is 3.59. The molecule has 2 heterocycles. The van der Waals surface area contributed by atoms with Gasteiger partial charge in [-0.15, -0.1) is 10.9 Å². The van der Waals surface area contributed by atoms with E-state index in [-0.39, 0.29) is 11.3 Å². The van der Waals surface area contributed by atoms with Gasteiger partial charge in [-0.05, 0) is 5.57 Å². The lowest BCUT2D eigenvalue weighted by Crippen LogP contribution is -2.67. The number of allylic oxidation sites excluding steroid dienone is 1. The second-order valence-corrected chi connectivity index (χ2v) is 5.67. The number of carboxylic acid groups (broad SMARTS) is 1. The average molecular weight is 228 g/mol. The van der Waals surface area contributed by atoms with Gasteiger partial charge in [-0.25, -0.2) is 4.79 Å². The summed E-state index contributed by atoms with van der Waals surface area (Å²) in [7, 11) is -1.30. The number of carbonyl (C=O) groups is 2. The van der Waals surface area contributed by atoms with Crippen LogP contribution in [-0.4, -0.2) is 38.4 Å². The van der Waals surface area contributed by atoms with E-state index in [0.29, 0.717) is 5.75 Å². The molecule has 0 saturated carbocycles. The molecule has 0 bridgehead atoms. The predicted octanol–water partition coefficient (Wildman–Crippen LogP) is 0.245. The van der Waals surface area contributed by atoms with Crippen molar-refractivity contribution in [1.82, 2.24) is 4.90 Å². The lowest BCUT2D eigenvalue weighted by Gasteiger charge is -2.50. The van der Waals surface area contributed by atoms with Crippen molar-refractivity contribution in [3.63, 3.8) is 0 Å². The van der Waals surface area contributed by atoms with Crippen LogP contribution in [0.4, 0.5) is 4.79 Å². The molecule has 2 rings (SSSR count). The lowest BCUT2D eigenvalue weighted by molar-refractivity contribution is -0.140. The van der Waals surface area contributed by atoms with Gasteiger partial charge in [-0.3, -0.25) is 4.79 Å². The number of β-lactam (4-membered cyclic amide) rings is 1. The van der Waals surface area contributed by atoms with E-state index in [1.807, 2.05) is 0 Å². The normalized spacial score (nSPS) is 36.3. The van der Waals surface area contributed by atoms with Crippen molar-refractivity contribution >= 4 is 22.1 Å². The molecule has 0 aliphatic carbocycles. The van der Waals surface area contributed by atoms with Crippen molar-refractivity contribution < 1.29 is 14.7 Å². The van der Waals surface area contributed by atoms with Gasteiger partial charge >= 0.3 is 5.30 Å². The van der Waals surface area contributed by atoms with Crippen molar-refractivity contribution in [3.8, 4) is 0 Å². The van der Waals surface area contributed by atoms with Crippen LogP contribution in [0.2, 0.25) is 0 Å². The minimum Gasteiger partial charge on any atom is -0.474 e. The molecule has 3 atom stereocenters. The van der Waals surface area contributed by atoms with E-state index in [4.69, 9.17) is 10.8 Å². The maximum absolute atomic E-state index is 11.4. The standard InChI is InChI=1S/C9H12N2O3S/c1-2-5-3-11-7(12)6(10)8(11)15(4-5)9(13)14/h2-3,6,8,15H,1,4,10H2,(H,13,14). The van der Waals surface area contributed by atoms with Crippen LogP contribution in [0.25, 0.3) is 0 Å². The molecule has 15 heavy (non-hydrogen) atoms. The summed E-state index contributed by atoms with van der Waals surface area (Å²) in [4.78, 5) is 23.8. The molecule has 1 saturated heterocycles. The fraction of sp³-hybridized carbons (Fsp3) is 0.333. The third-order valence-electron chi connectivity index (χ3n) is 2.63. The first kappa shape index (κ1) is 10.3. The first-order valence-corrected chi connectivity index (χ1v) is 6.06. The van der Waals surface area contributed by atoms with E-state index < -0.39 is 22.2 Å². The van der Waals surface area contributed by atoms with Crippen LogP contribution >= 0.6 is 10.9 Å². The SMILES string of the molecule is C=CC1=CN2C(=O)C(N)C2[SH](C(=O)O)C1. The number of nitrogens with zero attached hydrogens (tertiary/aromatic N) is 1. The Morgan fingerprint density at radius 2 is 2.47 bits per heavy atom. The number of rotatable bonds is 1. The first-order valence-electron chi connectivity index (χ1n) is 4.46. The van der Waals surface area contributed by atoms with Gasteiger partial charge in [0.1, 0.15) is 6.04 Å². The first-order chi connectivity index (χ1) is 7.06. The van der Waals surface area contributed by atoms with Crippen molar-refractivity contribution in [1.29, 1.82) is 0 Å². The largest absolute Gasteiger partial charge is 0.474 e. The van der Waals surface area contributed by atoms with Crippen LogP contribution in [0.1, 0.15) is 0 Å². The van der Waals surface area contributed by atoms with E-state index >= 15 is 0 Å². The van der Waals surface area contributed by atoms with E-state index in [1.165, 1.54) is 4.90 Å². The minimum absolute atomic E-state index is 0.201. The molecule has 0 aromatic carbocycles. The number of carbonyl (C=O) groups excluding carboxylic acids is 1. The summed E-state index contributed by atoms with van der Waals surface area (Å²) < 4.78 is 0. The van der Waals surface area contributed by atoms with Crippen molar-refractivity contribution in [2.75, 3.05) is 5.75 Å². The summed E-state index contributed by atoms with van der Waals surface area (Å²) in [5, 5.41) is 7.87. The summed E-state index contributed by atoms with van der Waals surface area (Å²) in [6.07, 6.45) is 3.25. The van der Waals surface area contributed by atoms with E-state index in [1.54, 1.807) is 12.3 Å². The third-order valence-corrected chi connectivity index (χ3v) is 5.04. The smallest absolute Gasteiger partial charge is 0.346 e. The fourth-order valence-corrected chi connectivity index (χ4v) is 3.96. The molecule has 0 aromatic rings.